The number of anilines is 1. The van der Waals surface area contributed by atoms with Crippen LogP contribution in [0.15, 0.2) is 32.9 Å². The van der Waals surface area contributed by atoms with Gasteiger partial charge in [-0.3, -0.25) is 13.9 Å². The molecule has 3 aromatic rings. The van der Waals surface area contributed by atoms with Crippen molar-refractivity contribution in [2.24, 2.45) is 26.2 Å². The van der Waals surface area contributed by atoms with Crippen molar-refractivity contribution in [3.05, 3.63) is 44.6 Å². The number of hydrogen-bond donors (Lipinski definition) is 2. The average Bonchev–Trinajstić information content (AvgIpc) is 2.96. The number of aromatic hydroxyl groups is 1. The van der Waals surface area contributed by atoms with E-state index in [1.807, 2.05) is 0 Å². The summed E-state index contributed by atoms with van der Waals surface area (Å²) in [5.41, 5.74) is 3.11. The number of nitrogens with zero attached hydrogens (tertiary/aromatic N) is 5. The van der Waals surface area contributed by atoms with Gasteiger partial charge in [0.25, 0.3) is 5.56 Å². The summed E-state index contributed by atoms with van der Waals surface area (Å²) in [7, 11) is 6.08. The number of phenolic OH excluding ortho intramolecular Hbond substituents is 1. The van der Waals surface area contributed by atoms with Crippen LogP contribution in [0.1, 0.15) is 5.56 Å². The van der Waals surface area contributed by atoms with Gasteiger partial charge >= 0.3 is 5.69 Å². The third kappa shape index (κ3) is 2.70. The molecule has 1 aromatic carbocycles. The Labute approximate surface area is 147 Å². The highest BCUT2D eigenvalue weighted by Gasteiger charge is 2.16. The van der Waals surface area contributed by atoms with Gasteiger partial charge in [0.2, 0.25) is 5.95 Å². The van der Waals surface area contributed by atoms with E-state index < -0.39 is 11.2 Å². The number of hydrogen-bond acceptors (Lipinski definition) is 7. The lowest BCUT2D eigenvalue weighted by atomic mass is 10.2. The lowest BCUT2D eigenvalue weighted by Gasteiger charge is -2.04. The minimum atomic E-state index is -0.452. The van der Waals surface area contributed by atoms with Crippen LogP contribution in [0.3, 0.4) is 0 Å². The standard InChI is InChI=1S/C16H18N6O4/c1-20-12-13(21(2)16(25)22(3)14(12)24)18-15(20)19-17-8-9-5-6-10(23)11(7-9)26-4/h5-8,23H,1-4H3,(H,18,19)/b17-8+. The molecule has 0 aliphatic heterocycles. The number of aromatic nitrogens is 4. The van der Waals surface area contributed by atoms with Crippen molar-refractivity contribution in [3.8, 4) is 11.5 Å². The first-order valence-corrected chi connectivity index (χ1v) is 7.63. The van der Waals surface area contributed by atoms with Crippen LogP contribution >= 0.6 is 0 Å². The Balaban J connectivity index is 1.96. The number of benzene rings is 1. The van der Waals surface area contributed by atoms with Crippen LogP contribution in [0.5, 0.6) is 11.5 Å². The van der Waals surface area contributed by atoms with Crippen LogP contribution < -0.4 is 21.4 Å². The highest BCUT2D eigenvalue weighted by atomic mass is 16.5. The molecule has 0 fully saturated rings. The number of nitrogens with one attached hydrogen (secondary N) is 1. The first-order chi connectivity index (χ1) is 12.3. The molecule has 10 heteroatoms. The van der Waals surface area contributed by atoms with Gasteiger partial charge in [-0.1, -0.05) is 0 Å². The van der Waals surface area contributed by atoms with Crippen LogP contribution in [-0.4, -0.2) is 37.1 Å². The van der Waals surface area contributed by atoms with Gasteiger partial charge in [-0.05, 0) is 23.8 Å². The lowest BCUT2D eigenvalue weighted by Crippen LogP contribution is -2.37. The normalized spacial score (nSPS) is 11.4. The topological polar surface area (TPSA) is 116 Å². The molecule has 10 nitrogen and oxygen atoms in total. The van der Waals surface area contributed by atoms with Gasteiger partial charge < -0.3 is 14.4 Å². The minimum Gasteiger partial charge on any atom is -0.504 e. The molecule has 3 rings (SSSR count). The van der Waals surface area contributed by atoms with E-state index in [0.29, 0.717) is 22.8 Å². The maximum Gasteiger partial charge on any atom is 0.332 e. The molecule has 0 saturated carbocycles. The molecule has 0 bridgehead atoms. The molecule has 26 heavy (non-hydrogen) atoms. The van der Waals surface area contributed by atoms with E-state index in [4.69, 9.17) is 4.74 Å². The summed E-state index contributed by atoms with van der Waals surface area (Å²) in [5, 5.41) is 13.7. The lowest BCUT2D eigenvalue weighted by molar-refractivity contribution is 0.373. The molecule has 0 aliphatic rings. The Hall–Kier alpha value is -3.56. The smallest absolute Gasteiger partial charge is 0.332 e. The number of rotatable bonds is 4. The predicted molar refractivity (Wildman–Crippen MR) is 97.1 cm³/mol. The molecule has 0 atom stereocenters. The zero-order valence-electron chi connectivity index (χ0n) is 14.7. The molecule has 2 heterocycles. The summed E-state index contributed by atoms with van der Waals surface area (Å²) >= 11 is 0. The van der Waals surface area contributed by atoms with Crippen molar-refractivity contribution in [1.29, 1.82) is 0 Å². The number of aryl methyl sites for hydroxylation is 2. The fourth-order valence-corrected chi connectivity index (χ4v) is 2.56. The summed E-state index contributed by atoms with van der Waals surface area (Å²) in [6.45, 7) is 0. The van der Waals surface area contributed by atoms with E-state index in [9.17, 15) is 14.7 Å². The minimum absolute atomic E-state index is 0.0322. The van der Waals surface area contributed by atoms with Gasteiger partial charge in [0.15, 0.2) is 22.7 Å². The van der Waals surface area contributed by atoms with Crippen molar-refractivity contribution in [2.45, 2.75) is 0 Å². The molecule has 0 amide bonds. The van der Waals surface area contributed by atoms with E-state index >= 15 is 0 Å². The highest BCUT2D eigenvalue weighted by Crippen LogP contribution is 2.25. The van der Waals surface area contributed by atoms with Crippen LogP contribution in [0.2, 0.25) is 0 Å². The second kappa shape index (κ2) is 6.39. The van der Waals surface area contributed by atoms with Crippen LogP contribution in [0.25, 0.3) is 11.2 Å². The first kappa shape index (κ1) is 17.3. The quantitative estimate of drug-likeness (QED) is 0.506. The van der Waals surface area contributed by atoms with Crippen LogP contribution in [-0.2, 0) is 21.1 Å². The van der Waals surface area contributed by atoms with Crippen molar-refractivity contribution in [2.75, 3.05) is 12.5 Å². The van der Waals surface area contributed by atoms with E-state index in [-0.39, 0.29) is 11.4 Å². The molecule has 2 aromatic heterocycles. The van der Waals surface area contributed by atoms with Crippen LogP contribution in [0, 0.1) is 0 Å². The SMILES string of the molecule is COc1cc(/C=N/Nc2nc3c(c(=O)n(C)c(=O)n3C)n2C)ccc1O. The summed E-state index contributed by atoms with van der Waals surface area (Å²) in [6, 6.07) is 4.78. The second-order valence-corrected chi connectivity index (χ2v) is 5.67. The van der Waals surface area contributed by atoms with Gasteiger partial charge in [0.05, 0.1) is 13.3 Å². The molecule has 0 unspecified atom stereocenters. The maximum absolute atomic E-state index is 12.3. The summed E-state index contributed by atoms with van der Waals surface area (Å²) in [4.78, 5) is 28.6. The Morgan fingerprint density at radius 1 is 1.19 bits per heavy atom. The monoisotopic (exact) mass is 358 g/mol. The van der Waals surface area contributed by atoms with E-state index in [2.05, 4.69) is 15.5 Å². The fraction of sp³-hybridized carbons (Fsp3) is 0.250. The van der Waals surface area contributed by atoms with Crippen molar-refractivity contribution in [3.63, 3.8) is 0 Å². The predicted octanol–water partition coefficient (Wildman–Crippen LogP) is 0.131. The summed E-state index contributed by atoms with van der Waals surface area (Å²) in [6.07, 6.45) is 1.51. The summed E-state index contributed by atoms with van der Waals surface area (Å²) < 4.78 is 8.90. The molecule has 0 spiro atoms. The molecule has 136 valence electrons. The Morgan fingerprint density at radius 2 is 1.92 bits per heavy atom. The third-order valence-corrected chi connectivity index (χ3v) is 4.06. The Morgan fingerprint density at radius 3 is 2.62 bits per heavy atom. The number of methoxy groups -OCH3 is 1. The molecule has 0 aliphatic carbocycles. The summed E-state index contributed by atoms with van der Waals surface area (Å²) in [5.74, 6) is 0.667. The molecular weight excluding hydrogens is 340 g/mol. The van der Waals surface area contributed by atoms with Crippen molar-refractivity contribution >= 4 is 23.3 Å². The van der Waals surface area contributed by atoms with E-state index in [1.54, 1.807) is 26.2 Å². The van der Waals surface area contributed by atoms with Gasteiger partial charge in [-0.25, -0.2) is 10.2 Å². The van der Waals surface area contributed by atoms with Gasteiger partial charge in [0, 0.05) is 21.1 Å². The van der Waals surface area contributed by atoms with E-state index in [1.165, 1.54) is 35.6 Å². The maximum atomic E-state index is 12.3. The average molecular weight is 358 g/mol. The van der Waals surface area contributed by atoms with Crippen LogP contribution in [0.4, 0.5) is 5.95 Å². The van der Waals surface area contributed by atoms with Gasteiger partial charge in [-0.15, -0.1) is 0 Å². The first-order valence-electron chi connectivity index (χ1n) is 7.63. The largest absolute Gasteiger partial charge is 0.504 e. The van der Waals surface area contributed by atoms with Gasteiger partial charge in [-0.2, -0.15) is 10.1 Å². The number of hydrazone groups is 1. The van der Waals surface area contributed by atoms with E-state index in [0.717, 1.165) is 4.57 Å². The molecular formula is C16H18N6O4. The van der Waals surface area contributed by atoms with Crippen molar-refractivity contribution in [1.82, 2.24) is 18.7 Å². The number of imidazole rings is 1. The number of ether oxygens (including phenoxy) is 1. The van der Waals surface area contributed by atoms with Crippen molar-refractivity contribution < 1.29 is 9.84 Å². The third-order valence-electron chi connectivity index (χ3n) is 4.06. The zero-order chi connectivity index (χ0) is 19.0. The zero-order valence-corrected chi connectivity index (χ0v) is 14.7. The highest BCUT2D eigenvalue weighted by molar-refractivity contribution is 5.81. The number of phenols is 1. The molecule has 2 N–H and O–H groups in total. The van der Waals surface area contributed by atoms with Gasteiger partial charge in [0.1, 0.15) is 0 Å². The Kier molecular flexibility index (Phi) is 4.24. The number of fused-ring (bicyclic) bond motifs is 1. The molecule has 0 saturated heterocycles. The Bertz CT molecular complexity index is 1140. The fourth-order valence-electron chi connectivity index (χ4n) is 2.56. The second-order valence-electron chi connectivity index (χ2n) is 5.67. The molecule has 0 radical (unpaired) electrons.